The third kappa shape index (κ3) is 12.2. The molecular formula is C56H86N6O6. The molecule has 12 heteroatoms. The molecule has 2 heterocycles. The SMILES string of the molecule is CCCCCCCN1C(=O)N(CC(=O)Nc2c(C(C)C)cccc2C(C)C)C(=O)C12CCCCC2.CCCCCN1C(=O)N(CC(=O)Nc2c(C(C)C)cccc2C(C)C)C(=O)C12CCCCC2. The molecule has 376 valence electrons. The van der Waals surface area contributed by atoms with E-state index < -0.39 is 11.1 Å². The maximum absolute atomic E-state index is 13.7. The Morgan fingerprint density at radius 1 is 0.485 bits per heavy atom. The molecular weight excluding hydrogens is 853 g/mol. The molecule has 2 spiro atoms. The van der Waals surface area contributed by atoms with Crippen LogP contribution in [0, 0.1) is 0 Å². The van der Waals surface area contributed by atoms with E-state index in [1.165, 1.54) is 22.6 Å². The van der Waals surface area contributed by atoms with Gasteiger partial charge in [-0.05, 0) is 84.5 Å². The van der Waals surface area contributed by atoms with E-state index in [4.69, 9.17) is 0 Å². The largest absolute Gasteiger partial charge is 0.328 e. The van der Waals surface area contributed by atoms with E-state index in [0.29, 0.717) is 38.8 Å². The van der Waals surface area contributed by atoms with E-state index >= 15 is 0 Å². The molecule has 68 heavy (non-hydrogen) atoms. The zero-order valence-corrected chi connectivity index (χ0v) is 43.6. The smallest absolute Gasteiger partial charge is 0.324 e. The molecule has 0 radical (unpaired) electrons. The van der Waals surface area contributed by atoms with Crippen LogP contribution in [0.4, 0.5) is 21.0 Å². The number of amides is 8. The first-order chi connectivity index (χ1) is 32.4. The minimum atomic E-state index is -0.751. The summed E-state index contributed by atoms with van der Waals surface area (Å²) in [5.74, 6) is 0.000448. The number of nitrogens with zero attached hydrogens (tertiary/aromatic N) is 4. The molecule has 0 bridgehead atoms. The van der Waals surface area contributed by atoms with Crippen LogP contribution in [0.15, 0.2) is 36.4 Å². The average molecular weight is 939 g/mol. The van der Waals surface area contributed by atoms with Gasteiger partial charge in [0.15, 0.2) is 0 Å². The lowest BCUT2D eigenvalue weighted by molar-refractivity contribution is -0.137. The van der Waals surface area contributed by atoms with Gasteiger partial charge in [0.1, 0.15) is 24.2 Å². The molecule has 2 aromatic carbocycles. The first-order valence-corrected chi connectivity index (χ1v) is 26.6. The second-order valence-corrected chi connectivity index (χ2v) is 21.3. The predicted octanol–water partition coefficient (Wildman–Crippen LogP) is 12.8. The average Bonchev–Trinajstić information content (AvgIpc) is 3.60. The van der Waals surface area contributed by atoms with Gasteiger partial charge in [0.05, 0.1) is 0 Å². The molecule has 2 saturated carbocycles. The fourth-order valence-electron chi connectivity index (χ4n) is 11.1. The van der Waals surface area contributed by atoms with Gasteiger partial charge in [-0.15, -0.1) is 0 Å². The zero-order chi connectivity index (χ0) is 49.8. The summed E-state index contributed by atoms with van der Waals surface area (Å²) in [5.41, 5.74) is 4.42. The van der Waals surface area contributed by atoms with Crippen LogP contribution >= 0.6 is 0 Å². The molecule has 0 aromatic heterocycles. The van der Waals surface area contributed by atoms with Crippen molar-refractivity contribution in [2.24, 2.45) is 0 Å². The van der Waals surface area contributed by atoms with Crippen molar-refractivity contribution in [1.82, 2.24) is 19.6 Å². The van der Waals surface area contributed by atoms with Gasteiger partial charge in [-0.3, -0.25) is 29.0 Å². The van der Waals surface area contributed by atoms with Crippen molar-refractivity contribution in [2.45, 2.75) is 220 Å². The van der Waals surface area contributed by atoms with E-state index in [-0.39, 0.29) is 72.5 Å². The molecule has 2 aromatic rings. The van der Waals surface area contributed by atoms with E-state index in [1.807, 2.05) is 41.3 Å². The molecule has 0 atom stereocenters. The number of nitrogens with one attached hydrogen (secondary N) is 2. The second-order valence-electron chi connectivity index (χ2n) is 21.3. The number of carbonyl (C=O) groups excluding carboxylic acids is 6. The minimum Gasteiger partial charge on any atom is -0.324 e. The summed E-state index contributed by atoms with van der Waals surface area (Å²) in [6, 6.07) is 11.6. The Morgan fingerprint density at radius 3 is 1.12 bits per heavy atom. The molecule has 4 aliphatic rings. The topological polar surface area (TPSA) is 139 Å². The van der Waals surface area contributed by atoms with Gasteiger partial charge >= 0.3 is 12.1 Å². The fraction of sp³-hybridized carbons (Fsp3) is 0.679. The van der Waals surface area contributed by atoms with Crippen molar-refractivity contribution in [3.8, 4) is 0 Å². The van der Waals surface area contributed by atoms with Crippen molar-refractivity contribution in [1.29, 1.82) is 0 Å². The maximum atomic E-state index is 13.7. The molecule has 2 aliphatic carbocycles. The highest BCUT2D eigenvalue weighted by Crippen LogP contribution is 2.43. The van der Waals surface area contributed by atoms with Crippen molar-refractivity contribution in [3.63, 3.8) is 0 Å². The van der Waals surface area contributed by atoms with Crippen molar-refractivity contribution in [2.75, 3.05) is 36.8 Å². The number of carbonyl (C=O) groups is 6. The summed E-state index contributed by atoms with van der Waals surface area (Å²) in [5, 5.41) is 6.14. The third-order valence-electron chi connectivity index (χ3n) is 15.0. The number of para-hydroxylation sites is 2. The minimum absolute atomic E-state index is 0.174. The van der Waals surface area contributed by atoms with Crippen LogP contribution in [-0.4, -0.2) is 92.5 Å². The molecule has 4 fully saturated rings. The molecule has 2 saturated heterocycles. The van der Waals surface area contributed by atoms with E-state index in [0.717, 1.165) is 111 Å². The first kappa shape index (κ1) is 54.2. The summed E-state index contributed by atoms with van der Waals surface area (Å²) in [6.07, 6.45) is 17.3. The summed E-state index contributed by atoms with van der Waals surface area (Å²) < 4.78 is 0. The fourth-order valence-corrected chi connectivity index (χ4v) is 11.1. The molecule has 6 rings (SSSR count). The number of benzene rings is 2. The van der Waals surface area contributed by atoms with Gasteiger partial charge in [0.2, 0.25) is 11.8 Å². The Morgan fingerprint density at radius 2 is 0.794 bits per heavy atom. The van der Waals surface area contributed by atoms with Gasteiger partial charge in [-0.2, -0.15) is 0 Å². The Kier molecular flexibility index (Phi) is 19.7. The Bertz CT molecular complexity index is 2010. The zero-order valence-electron chi connectivity index (χ0n) is 43.6. The van der Waals surface area contributed by atoms with Crippen molar-refractivity contribution < 1.29 is 28.8 Å². The highest BCUT2D eigenvalue weighted by molar-refractivity contribution is 6.11. The van der Waals surface area contributed by atoms with Crippen molar-refractivity contribution in [3.05, 3.63) is 58.7 Å². The molecule has 8 amide bonds. The number of hydrogen-bond acceptors (Lipinski definition) is 6. The van der Waals surface area contributed by atoms with Gasteiger partial charge in [-0.1, -0.05) is 183 Å². The maximum Gasteiger partial charge on any atom is 0.328 e. The highest BCUT2D eigenvalue weighted by Gasteiger charge is 2.58. The van der Waals surface area contributed by atoms with Gasteiger partial charge in [-0.25, -0.2) is 9.59 Å². The van der Waals surface area contributed by atoms with Gasteiger partial charge < -0.3 is 20.4 Å². The molecule has 2 aliphatic heterocycles. The Labute approximate surface area is 409 Å². The normalized spacial score (nSPS) is 18.0. The van der Waals surface area contributed by atoms with Crippen LogP contribution in [0.1, 0.15) is 231 Å². The standard InChI is InChI=1S/C29H45N3O3.C27H41N3O3/c1-6-7-8-9-13-19-32-28(35)31(27(34)29(32)17-11-10-12-18-29)20-25(33)30-26-23(21(2)3)15-14-16-24(26)22(4)5;1-6-7-11-17-30-26(33)29(25(32)27(30)15-9-8-10-16-27)18-23(31)28-24-21(19(2)3)13-12-14-22(24)20(4)5/h14-16,21-22H,6-13,17-20H2,1-5H3,(H,30,33);12-14,19-20H,6-11,15-18H2,1-5H3,(H,28,31). The van der Waals surface area contributed by atoms with Crippen LogP contribution in [0.3, 0.4) is 0 Å². The summed E-state index contributed by atoms with van der Waals surface area (Å²) in [7, 11) is 0. The first-order valence-electron chi connectivity index (χ1n) is 26.6. The molecule has 12 nitrogen and oxygen atoms in total. The monoisotopic (exact) mass is 939 g/mol. The third-order valence-corrected chi connectivity index (χ3v) is 15.0. The summed E-state index contributed by atoms with van der Waals surface area (Å²) in [6.45, 7) is 21.9. The van der Waals surface area contributed by atoms with Crippen LogP contribution < -0.4 is 10.6 Å². The number of urea groups is 2. The van der Waals surface area contributed by atoms with Gasteiger partial charge in [0.25, 0.3) is 11.8 Å². The number of anilines is 2. The van der Waals surface area contributed by atoms with Gasteiger partial charge in [0, 0.05) is 24.5 Å². The lowest BCUT2D eigenvalue weighted by atomic mass is 9.80. The Hall–Kier alpha value is -4.74. The van der Waals surface area contributed by atoms with E-state index in [9.17, 15) is 28.8 Å². The van der Waals surface area contributed by atoms with Crippen molar-refractivity contribution >= 4 is 47.1 Å². The summed E-state index contributed by atoms with van der Waals surface area (Å²) in [4.78, 5) is 86.5. The van der Waals surface area contributed by atoms with Crippen LogP contribution in [0.5, 0.6) is 0 Å². The molecule has 2 N–H and O–H groups in total. The lowest BCUT2D eigenvalue weighted by Crippen LogP contribution is -2.51. The predicted molar refractivity (Wildman–Crippen MR) is 274 cm³/mol. The number of hydrogen-bond donors (Lipinski definition) is 2. The number of rotatable bonds is 20. The Balaban J connectivity index is 0.000000255. The van der Waals surface area contributed by atoms with Crippen LogP contribution in [-0.2, 0) is 19.2 Å². The second kappa shape index (κ2) is 24.7. The van der Waals surface area contributed by atoms with E-state index in [2.05, 4.69) is 79.9 Å². The molecule has 0 unspecified atom stereocenters. The highest BCUT2D eigenvalue weighted by atomic mass is 16.2. The van der Waals surface area contributed by atoms with Crippen LogP contribution in [0.25, 0.3) is 0 Å². The lowest BCUT2D eigenvalue weighted by Gasteiger charge is -2.38. The quantitative estimate of drug-likeness (QED) is 0.100. The van der Waals surface area contributed by atoms with E-state index in [1.54, 1.807) is 4.90 Å². The number of unbranched alkanes of at least 4 members (excludes halogenated alkanes) is 6. The van der Waals surface area contributed by atoms with Crippen LogP contribution in [0.2, 0.25) is 0 Å². The summed E-state index contributed by atoms with van der Waals surface area (Å²) >= 11 is 0. The number of imide groups is 2.